The number of nitrogens with zero attached hydrogens (tertiary/aromatic N) is 1. The van der Waals surface area contributed by atoms with Crippen LogP contribution in [0.25, 0.3) is 0 Å². The van der Waals surface area contributed by atoms with Crippen molar-refractivity contribution < 1.29 is 9.53 Å². The number of hydrogen-bond donors (Lipinski definition) is 1. The van der Waals surface area contributed by atoms with Gasteiger partial charge in [-0.3, -0.25) is 4.79 Å². The second kappa shape index (κ2) is 6.21. The molecule has 2 N–H and O–H groups in total. The van der Waals surface area contributed by atoms with Gasteiger partial charge in [-0.15, -0.1) is 0 Å². The average Bonchev–Trinajstić information content (AvgIpc) is 2.28. The lowest BCUT2D eigenvalue weighted by molar-refractivity contribution is -0.137. The van der Waals surface area contributed by atoms with Crippen molar-refractivity contribution in [2.24, 2.45) is 11.7 Å². The SMILES string of the molecule is CCOC1CCCN(C(=O)[C@@H](N)C(C)C)C1. The number of likely N-dealkylation sites (tertiary alicyclic amines) is 1. The zero-order valence-corrected chi connectivity index (χ0v) is 10.6. The summed E-state index contributed by atoms with van der Waals surface area (Å²) in [4.78, 5) is 13.9. The molecule has 2 atom stereocenters. The van der Waals surface area contributed by atoms with E-state index in [0.29, 0.717) is 13.2 Å². The lowest BCUT2D eigenvalue weighted by Gasteiger charge is -2.34. The second-order valence-corrected chi connectivity index (χ2v) is 4.77. The first-order valence-corrected chi connectivity index (χ1v) is 6.22. The zero-order chi connectivity index (χ0) is 12.1. The fourth-order valence-corrected chi connectivity index (χ4v) is 2.01. The van der Waals surface area contributed by atoms with Gasteiger partial charge in [0.15, 0.2) is 0 Å². The van der Waals surface area contributed by atoms with Gasteiger partial charge in [-0.25, -0.2) is 0 Å². The molecule has 1 amide bonds. The summed E-state index contributed by atoms with van der Waals surface area (Å²) < 4.78 is 5.57. The van der Waals surface area contributed by atoms with Crippen molar-refractivity contribution in [3.63, 3.8) is 0 Å². The maximum Gasteiger partial charge on any atom is 0.239 e. The number of nitrogens with two attached hydrogens (primary N) is 1. The highest BCUT2D eigenvalue weighted by Crippen LogP contribution is 2.15. The van der Waals surface area contributed by atoms with Crippen LogP contribution < -0.4 is 5.73 Å². The van der Waals surface area contributed by atoms with E-state index in [1.807, 2.05) is 25.7 Å². The van der Waals surface area contributed by atoms with E-state index in [2.05, 4.69) is 0 Å². The molecular formula is C12H24N2O2. The van der Waals surface area contributed by atoms with Crippen LogP contribution in [0.15, 0.2) is 0 Å². The first kappa shape index (κ1) is 13.5. The summed E-state index contributed by atoms with van der Waals surface area (Å²) in [6, 6.07) is -0.375. The number of carbonyl (C=O) groups excluding carboxylic acids is 1. The third-order valence-corrected chi connectivity index (χ3v) is 3.10. The van der Waals surface area contributed by atoms with Crippen molar-refractivity contribution >= 4 is 5.91 Å². The monoisotopic (exact) mass is 228 g/mol. The summed E-state index contributed by atoms with van der Waals surface area (Å²) >= 11 is 0. The lowest BCUT2D eigenvalue weighted by atomic mass is 10.0. The van der Waals surface area contributed by atoms with E-state index < -0.39 is 0 Å². The Morgan fingerprint density at radius 2 is 2.25 bits per heavy atom. The Kier molecular flexibility index (Phi) is 5.22. The van der Waals surface area contributed by atoms with E-state index >= 15 is 0 Å². The Bertz CT molecular complexity index is 229. The topological polar surface area (TPSA) is 55.6 Å². The third kappa shape index (κ3) is 3.46. The molecular weight excluding hydrogens is 204 g/mol. The maximum absolute atomic E-state index is 12.0. The molecule has 0 spiro atoms. The summed E-state index contributed by atoms with van der Waals surface area (Å²) in [5.74, 6) is 0.263. The minimum Gasteiger partial charge on any atom is -0.377 e. The largest absolute Gasteiger partial charge is 0.377 e. The van der Waals surface area contributed by atoms with Gasteiger partial charge in [0.2, 0.25) is 5.91 Å². The van der Waals surface area contributed by atoms with Crippen LogP contribution in [0.4, 0.5) is 0 Å². The highest BCUT2D eigenvalue weighted by Gasteiger charge is 2.28. The number of rotatable bonds is 4. The number of carbonyl (C=O) groups is 1. The summed E-state index contributed by atoms with van der Waals surface area (Å²) in [6.07, 6.45) is 2.26. The van der Waals surface area contributed by atoms with Gasteiger partial charge in [-0.05, 0) is 25.7 Å². The van der Waals surface area contributed by atoms with Gasteiger partial charge < -0.3 is 15.4 Å². The molecule has 1 heterocycles. The molecule has 4 heteroatoms. The molecule has 1 saturated heterocycles. The fourth-order valence-electron chi connectivity index (χ4n) is 2.01. The van der Waals surface area contributed by atoms with Gasteiger partial charge >= 0.3 is 0 Å². The molecule has 94 valence electrons. The van der Waals surface area contributed by atoms with Crippen LogP contribution in [0.2, 0.25) is 0 Å². The van der Waals surface area contributed by atoms with E-state index in [1.54, 1.807) is 0 Å². The van der Waals surface area contributed by atoms with Gasteiger partial charge in [-0.1, -0.05) is 13.8 Å². The smallest absolute Gasteiger partial charge is 0.239 e. The predicted molar refractivity (Wildman–Crippen MR) is 64.0 cm³/mol. The summed E-state index contributed by atoms with van der Waals surface area (Å²) in [5.41, 5.74) is 5.88. The molecule has 1 aliphatic heterocycles. The van der Waals surface area contributed by atoms with Gasteiger partial charge in [0.1, 0.15) is 0 Å². The van der Waals surface area contributed by atoms with Crippen molar-refractivity contribution in [1.82, 2.24) is 4.90 Å². The van der Waals surface area contributed by atoms with Crippen molar-refractivity contribution in [2.45, 2.75) is 45.8 Å². The Balaban J connectivity index is 2.49. The van der Waals surface area contributed by atoms with Gasteiger partial charge in [0, 0.05) is 19.7 Å². The minimum absolute atomic E-state index is 0.0689. The zero-order valence-electron chi connectivity index (χ0n) is 10.6. The quantitative estimate of drug-likeness (QED) is 0.781. The maximum atomic E-state index is 12.0. The number of amides is 1. The minimum atomic E-state index is -0.375. The van der Waals surface area contributed by atoms with Crippen LogP contribution in [0, 0.1) is 5.92 Å². The van der Waals surface area contributed by atoms with Crippen LogP contribution >= 0.6 is 0 Å². The Labute approximate surface area is 98.1 Å². The molecule has 0 radical (unpaired) electrons. The average molecular weight is 228 g/mol. The highest BCUT2D eigenvalue weighted by atomic mass is 16.5. The molecule has 0 aromatic carbocycles. The summed E-state index contributed by atoms with van der Waals surface area (Å²) in [7, 11) is 0. The van der Waals surface area contributed by atoms with Crippen LogP contribution in [0.3, 0.4) is 0 Å². The van der Waals surface area contributed by atoms with Crippen LogP contribution in [0.5, 0.6) is 0 Å². The molecule has 0 aromatic heterocycles. The van der Waals surface area contributed by atoms with Crippen LogP contribution in [0.1, 0.15) is 33.6 Å². The highest BCUT2D eigenvalue weighted by molar-refractivity contribution is 5.82. The third-order valence-electron chi connectivity index (χ3n) is 3.10. The Hall–Kier alpha value is -0.610. The number of ether oxygens (including phenoxy) is 1. The van der Waals surface area contributed by atoms with Gasteiger partial charge in [0.05, 0.1) is 12.1 Å². The molecule has 1 aliphatic rings. The van der Waals surface area contributed by atoms with Crippen molar-refractivity contribution in [1.29, 1.82) is 0 Å². The number of hydrogen-bond acceptors (Lipinski definition) is 3. The first-order chi connectivity index (χ1) is 7.56. The number of piperidine rings is 1. The molecule has 1 unspecified atom stereocenters. The molecule has 0 aromatic rings. The summed E-state index contributed by atoms with van der Waals surface area (Å²) in [5, 5.41) is 0. The second-order valence-electron chi connectivity index (χ2n) is 4.77. The van der Waals surface area contributed by atoms with Crippen LogP contribution in [-0.4, -0.2) is 42.6 Å². The molecule has 16 heavy (non-hydrogen) atoms. The molecule has 0 aliphatic carbocycles. The van der Waals surface area contributed by atoms with E-state index in [0.717, 1.165) is 19.4 Å². The van der Waals surface area contributed by atoms with E-state index in [1.165, 1.54) is 0 Å². The van der Waals surface area contributed by atoms with Crippen LogP contribution in [-0.2, 0) is 9.53 Å². The molecule has 0 bridgehead atoms. The van der Waals surface area contributed by atoms with E-state index in [4.69, 9.17) is 10.5 Å². The standard InChI is InChI=1S/C12H24N2O2/c1-4-16-10-6-5-7-14(8-10)12(15)11(13)9(2)3/h9-11H,4-8,13H2,1-3H3/t10?,11-/m0/s1. The van der Waals surface area contributed by atoms with Crippen molar-refractivity contribution in [3.05, 3.63) is 0 Å². The summed E-state index contributed by atoms with van der Waals surface area (Å²) in [6.45, 7) is 8.18. The van der Waals surface area contributed by atoms with Crippen molar-refractivity contribution in [2.75, 3.05) is 19.7 Å². The molecule has 0 saturated carbocycles. The lowest BCUT2D eigenvalue weighted by Crippen LogP contribution is -2.51. The normalized spacial score (nSPS) is 23.6. The first-order valence-electron chi connectivity index (χ1n) is 6.22. The van der Waals surface area contributed by atoms with E-state index in [-0.39, 0.29) is 24.0 Å². The predicted octanol–water partition coefficient (Wildman–Crippen LogP) is 0.997. The Morgan fingerprint density at radius 1 is 1.56 bits per heavy atom. The van der Waals surface area contributed by atoms with Gasteiger partial charge in [-0.2, -0.15) is 0 Å². The molecule has 1 rings (SSSR count). The fraction of sp³-hybridized carbons (Fsp3) is 0.917. The van der Waals surface area contributed by atoms with Gasteiger partial charge in [0.25, 0.3) is 0 Å². The van der Waals surface area contributed by atoms with E-state index in [9.17, 15) is 4.79 Å². The molecule has 1 fully saturated rings. The Morgan fingerprint density at radius 3 is 2.81 bits per heavy atom. The van der Waals surface area contributed by atoms with Crippen molar-refractivity contribution in [3.8, 4) is 0 Å². The molecule has 4 nitrogen and oxygen atoms in total.